The summed E-state index contributed by atoms with van der Waals surface area (Å²) >= 11 is 0. The van der Waals surface area contributed by atoms with Gasteiger partial charge in [0.25, 0.3) is 0 Å². The Balaban J connectivity index is 2.03. The van der Waals surface area contributed by atoms with E-state index in [-0.39, 0.29) is 12.6 Å². The van der Waals surface area contributed by atoms with E-state index in [0.717, 1.165) is 36.8 Å². The van der Waals surface area contributed by atoms with Crippen LogP contribution in [0.5, 0.6) is 0 Å². The molecule has 1 aliphatic heterocycles. The van der Waals surface area contributed by atoms with Crippen molar-refractivity contribution in [3.63, 3.8) is 0 Å². The number of aryl methyl sites for hydroxylation is 1. The first-order valence-corrected chi connectivity index (χ1v) is 7.66. The van der Waals surface area contributed by atoms with Crippen LogP contribution in [0.15, 0.2) is 6.07 Å². The Hall–Kier alpha value is -1.20. The van der Waals surface area contributed by atoms with E-state index in [1.54, 1.807) is 0 Å². The molecule has 5 heteroatoms. The molecular formula is C15H26N4O. The zero-order chi connectivity index (χ0) is 14.4. The maximum atomic E-state index is 9.21. The molecule has 1 atom stereocenters. The zero-order valence-corrected chi connectivity index (χ0v) is 12.6. The molecule has 1 aliphatic rings. The second-order valence-corrected chi connectivity index (χ2v) is 5.52. The van der Waals surface area contributed by atoms with Crippen molar-refractivity contribution in [2.24, 2.45) is 0 Å². The summed E-state index contributed by atoms with van der Waals surface area (Å²) in [7, 11) is 0. The minimum Gasteiger partial charge on any atom is -0.395 e. The van der Waals surface area contributed by atoms with Crippen molar-refractivity contribution in [3.8, 4) is 0 Å². The Morgan fingerprint density at radius 1 is 1.30 bits per heavy atom. The van der Waals surface area contributed by atoms with Gasteiger partial charge in [-0.05, 0) is 38.7 Å². The molecule has 0 aliphatic carbocycles. The molecule has 0 radical (unpaired) electrons. The average molecular weight is 278 g/mol. The van der Waals surface area contributed by atoms with Crippen LogP contribution < -0.4 is 10.2 Å². The molecule has 1 saturated heterocycles. The summed E-state index contributed by atoms with van der Waals surface area (Å²) in [5.41, 5.74) is 2.01. The van der Waals surface area contributed by atoms with Crippen LogP contribution >= 0.6 is 0 Å². The Bertz CT molecular complexity index is 414. The summed E-state index contributed by atoms with van der Waals surface area (Å²) in [5, 5.41) is 12.5. The summed E-state index contributed by atoms with van der Waals surface area (Å²) in [6, 6.07) is 2.16. The van der Waals surface area contributed by atoms with Crippen molar-refractivity contribution in [1.29, 1.82) is 0 Å². The Morgan fingerprint density at radius 3 is 2.70 bits per heavy atom. The third-order valence-electron chi connectivity index (χ3n) is 3.82. The summed E-state index contributed by atoms with van der Waals surface area (Å²) in [6.07, 6.45) is 4.69. The molecule has 2 rings (SSSR count). The van der Waals surface area contributed by atoms with Gasteiger partial charge in [0.05, 0.1) is 12.3 Å². The van der Waals surface area contributed by atoms with Gasteiger partial charge < -0.3 is 15.3 Å². The molecule has 20 heavy (non-hydrogen) atoms. The molecule has 112 valence electrons. The van der Waals surface area contributed by atoms with E-state index >= 15 is 0 Å². The van der Waals surface area contributed by atoms with E-state index in [4.69, 9.17) is 0 Å². The van der Waals surface area contributed by atoms with Gasteiger partial charge in [0.2, 0.25) is 5.95 Å². The molecule has 0 saturated carbocycles. The molecule has 0 spiro atoms. The quantitative estimate of drug-likeness (QED) is 0.828. The number of nitrogens with zero attached hydrogens (tertiary/aromatic N) is 3. The predicted octanol–water partition coefficient (Wildman–Crippen LogP) is 1.64. The van der Waals surface area contributed by atoms with Crippen LogP contribution in [-0.2, 0) is 6.54 Å². The smallest absolute Gasteiger partial charge is 0.225 e. The first-order chi connectivity index (χ1) is 9.72. The highest BCUT2D eigenvalue weighted by Crippen LogP contribution is 2.16. The molecule has 0 amide bonds. The summed E-state index contributed by atoms with van der Waals surface area (Å²) in [5.74, 6) is 0.860. The average Bonchev–Trinajstić information content (AvgIpc) is 2.49. The van der Waals surface area contributed by atoms with Gasteiger partial charge in [0, 0.05) is 31.4 Å². The van der Waals surface area contributed by atoms with E-state index in [0.29, 0.717) is 6.54 Å². The van der Waals surface area contributed by atoms with Gasteiger partial charge in [0.1, 0.15) is 0 Å². The van der Waals surface area contributed by atoms with Gasteiger partial charge in [-0.2, -0.15) is 0 Å². The number of hydrogen-bond donors (Lipinski definition) is 2. The van der Waals surface area contributed by atoms with Crippen molar-refractivity contribution in [2.75, 3.05) is 24.6 Å². The topological polar surface area (TPSA) is 61.3 Å². The lowest BCUT2D eigenvalue weighted by molar-refractivity contribution is 0.238. The largest absolute Gasteiger partial charge is 0.395 e. The lowest BCUT2D eigenvalue weighted by atomic mass is 10.1. The minimum absolute atomic E-state index is 0.142. The second-order valence-electron chi connectivity index (χ2n) is 5.52. The van der Waals surface area contributed by atoms with E-state index in [9.17, 15) is 5.11 Å². The van der Waals surface area contributed by atoms with Crippen molar-refractivity contribution in [2.45, 2.75) is 52.1 Å². The number of aliphatic hydroxyl groups excluding tert-OH is 1. The van der Waals surface area contributed by atoms with E-state index < -0.39 is 0 Å². The number of aromatic nitrogens is 2. The fraction of sp³-hybridized carbons (Fsp3) is 0.733. The molecule has 2 N–H and O–H groups in total. The van der Waals surface area contributed by atoms with Crippen LogP contribution in [0.25, 0.3) is 0 Å². The lowest BCUT2D eigenvalue weighted by Gasteiger charge is -2.27. The Morgan fingerprint density at radius 2 is 2.05 bits per heavy atom. The van der Waals surface area contributed by atoms with Crippen LogP contribution in [0.2, 0.25) is 0 Å². The molecule has 0 aromatic carbocycles. The second kappa shape index (κ2) is 7.55. The van der Waals surface area contributed by atoms with E-state index in [1.165, 1.54) is 19.3 Å². The summed E-state index contributed by atoms with van der Waals surface area (Å²) in [4.78, 5) is 11.5. The maximum Gasteiger partial charge on any atom is 0.225 e. The number of hydrogen-bond acceptors (Lipinski definition) is 5. The van der Waals surface area contributed by atoms with Gasteiger partial charge in [-0.15, -0.1) is 0 Å². The van der Waals surface area contributed by atoms with E-state index in [2.05, 4.69) is 27.1 Å². The minimum atomic E-state index is 0.142. The molecule has 1 aromatic rings. The highest BCUT2D eigenvalue weighted by molar-refractivity contribution is 5.32. The van der Waals surface area contributed by atoms with Crippen LogP contribution in [0, 0.1) is 6.92 Å². The van der Waals surface area contributed by atoms with Crippen molar-refractivity contribution < 1.29 is 5.11 Å². The predicted molar refractivity (Wildman–Crippen MR) is 80.8 cm³/mol. The standard InChI is InChI=1S/C15H26N4O/c1-3-13(11-20)16-10-14-9-12(2)17-15(18-14)19-7-5-4-6-8-19/h9,13,16,20H,3-8,10-11H2,1-2H3. The van der Waals surface area contributed by atoms with E-state index in [1.807, 2.05) is 13.0 Å². The molecular weight excluding hydrogens is 252 g/mol. The van der Waals surface area contributed by atoms with Gasteiger partial charge in [-0.1, -0.05) is 6.92 Å². The highest BCUT2D eigenvalue weighted by Gasteiger charge is 2.14. The molecule has 0 bridgehead atoms. The Labute approximate surface area is 121 Å². The highest BCUT2D eigenvalue weighted by atomic mass is 16.3. The van der Waals surface area contributed by atoms with Gasteiger partial charge in [-0.3, -0.25) is 0 Å². The zero-order valence-electron chi connectivity index (χ0n) is 12.6. The molecule has 1 fully saturated rings. The van der Waals surface area contributed by atoms with Crippen LogP contribution in [-0.4, -0.2) is 40.8 Å². The van der Waals surface area contributed by atoms with Crippen LogP contribution in [0.1, 0.15) is 44.0 Å². The lowest BCUT2D eigenvalue weighted by Crippen LogP contribution is -2.33. The summed E-state index contributed by atoms with van der Waals surface area (Å²) in [6.45, 7) is 7.05. The van der Waals surface area contributed by atoms with Gasteiger partial charge >= 0.3 is 0 Å². The molecule has 2 heterocycles. The first-order valence-electron chi connectivity index (χ1n) is 7.66. The first kappa shape index (κ1) is 15.2. The third-order valence-corrected chi connectivity index (χ3v) is 3.82. The number of anilines is 1. The fourth-order valence-corrected chi connectivity index (χ4v) is 2.53. The van der Waals surface area contributed by atoms with Crippen molar-refractivity contribution in [3.05, 3.63) is 17.5 Å². The molecule has 5 nitrogen and oxygen atoms in total. The van der Waals surface area contributed by atoms with Gasteiger partial charge in [0.15, 0.2) is 0 Å². The SMILES string of the molecule is CCC(CO)NCc1cc(C)nc(N2CCCCC2)n1. The van der Waals surface area contributed by atoms with Crippen molar-refractivity contribution in [1.82, 2.24) is 15.3 Å². The van der Waals surface area contributed by atoms with Crippen LogP contribution in [0.4, 0.5) is 5.95 Å². The van der Waals surface area contributed by atoms with Crippen molar-refractivity contribution >= 4 is 5.95 Å². The fourth-order valence-electron chi connectivity index (χ4n) is 2.53. The number of rotatable bonds is 6. The monoisotopic (exact) mass is 278 g/mol. The summed E-state index contributed by atoms with van der Waals surface area (Å²) < 4.78 is 0. The Kier molecular flexibility index (Phi) is 5.73. The number of nitrogens with one attached hydrogen (secondary N) is 1. The van der Waals surface area contributed by atoms with Crippen LogP contribution in [0.3, 0.4) is 0 Å². The normalized spacial score (nSPS) is 17.2. The number of aliphatic hydroxyl groups is 1. The van der Waals surface area contributed by atoms with Gasteiger partial charge in [-0.25, -0.2) is 9.97 Å². The molecule has 1 aromatic heterocycles. The third kappa shape index (κ3) is 4.15. The molecule has 1 unspecified atom stereocenters. The number of piperidine rings is 1. The maximum absolute atomic E-state index is 9.21.